The zero-order valence-electron chi connectivity index (χ0n) is 8.15. The molecular weight excluding hydrogens is 152 g/mol. The van der Waals surface area contributed by atoms with Gasteiger partial charge in [0, 0.05) is 7.59 Å². The van der Waals surface area contributed by atoms with Crippen LogP contribution in [-0.4, -0.2) is 15.2 Å². The van der Waals surface area contributed by atoms with Crippen molar-refractivity contribution in [3.8, 4) is 0 Å². The highest BCUT2D eigenvalue weighted by Crippen LogP contribution is 2.19. The Balaban J connectivity index is 4.40. The van der Waals surface area contributed by atoms with Crippen LogP contribution in [0.15, 0.2) is 11.8 Å². The molecule has 0 aliphatic rings. The molecule has 0 saturated carbocycles. The van der Waals surface area contributed by atoms with Crippen LogP contribution in [-0.2, 0) is 0 Å². The highest BCUT2D eigenvalue weighted by atomic mass is 29.3. The van der Waals surface area contributed by atoms with Gasteiger partial charge in [-0.1, -0.05) is 38.8 Å². The minimum absolute atomic E-state index is 0.854. The van der Waals surface area contributed by atoms with E-state index in [4.69, 9.17) is 0 Å². The molecule has 0 heterocycles. The molecule has 0 nitrogen and oxygen atoms in total. The van der Waals surface area contributed by atoms with Crippen LogP contribution in [0.25, 0.3) is 0 Å². The third-order valence-electron chi connectivity index (χ3n) is 2.52. The fourth-order valence-electron chi connectivity index (χ4n) is 0.667. The fourth-order valence-corrected chi connectivity index (χ4v) is 4.00. The zero-order valence-corrected chi connectivity index (χ0v) is 10.2. The van der Waals surface area contributed by atoms with Crippen molar-refractivity contribution in [2.24, 2.45) is 0 Å². The molecule has 0 rings (SSSR count). The van der Waals surface area contributed by atoms with E-state index in [9.17, 15) is 0 Å². The molecule has 0 atom stereocenters. The Morgan fingerprint density at radius 2 is 1.30 bits per heavy atom. The number of hydrogen-bond acceptors (Lipinski definition) is 0. The van der Waals surface area contributed by atoms with Crippen molar-refractivity contribution >= 4 is 15.2 Å². The Hall–Kier alpha value is 0.174. The van der Waals surface area contributed by atoms with Crippen molar-refractivity contribution < 1.29 is 0 Å². The predicted molar refractivity (Wildman–Crippen MR) is 55.6 cm³/mol. The fraction of sp³-hybridized carbons (Fsp3) is 0.750. The Morgan fingerprint density at radius 1 is 0.900 bits per heavy atom. The third-order valence-corrected chi connectivity index (χ3v) is 19.6. The zero-order chi connectivity index (χ0) is 8.41. The maximum atomic E-state index is 2.47. The highest BCUT2D eigenvalue weighted by Gasteiger charge is 2.33. The van der Waals surface area contributed by atoms with Crippen LogP contribution in [0.5, 0.6) is 0 Å². The van der Waals surface area contributed by atoms with E-state index in [0.29, 0.717) is 0 Å². The molecule has 0 aromatic carbocycles. The van der Waals surface area contributed by atoms with E-state index in [0.717, 1.165) is 0 Å². The van der Waals surface area contributed by atoms with Crippen LogP contribution >= 0.6 is 0 Å². The van der Waals surface area contributed by atoms with E-state index >= 15 is 0 Å². The molecule has 0 aliphatic heterocycles. The van der Waals surface area contributed by atoms with Crippen molar-refractivity contribution in [3.63, 3.8) is 0 Å². The maximum absolute atomic E-state index is 2.47. The quantitative estimate of drug-likeness (QED) is 0.561. The summed E-state index contributed by atoms with van der Waals surface area (Å²) in [5, 5.41) is 0. The normalized spacial score (nSPS) is 14.6. The Bertz CT molecular complexity index is 129. The molecular formula is C8H20Si2. The van der Waals surface area contributed by atoms with Crippen LogP contribution in [0.1, 0.15) is 6.92 Å². The summed E-state index contributed by atoms with van der Waals surface area (Å²) < 4.78 is 0. The number of allylic oxidation sites excluding steroid dienone is 1. The van der Waals surface area contributed by atoms with Gasteiger partial charge in [-0.25, -0.2) is 0 Å². The standard InChI is InChI=1S/C8H20Si2/c1-7-8-10(5,6)9(2,3)4/h7-8H,1-6H3. The Kier molecular flexibility index (Phi) is 3.10. The van der Waals surface area contributed by atoms with Crippen LogP contribution in [0, 0.1) is 0 Å². The molecule has 0 unspecified atom stereocenters. The van der Waals surface area contributed by atoms with Gasteiger partial charge in [0.15, 0.2) is 0 Å². The van der Waals surface area contributed by atoms with Gasteiger partial charge in [-0.15, -0.1) is 5.70 Å². The molecule has 0 aromatic heterocycles. The lowest BCUT2D eigenvalue weighted by Gasteiger charge is -2.32. The van der Waals surface area contributed by atoms with Crippen LogP contribution in [0.2, 0.25) is 32.7 Å². The van der Waals surface area contributed by atoms with Crippen LogP contribution in [0.4, 0.5) is 0 Å². The van der Waals surface area contributed by atoms with Gasteiger partial charge in [0.05, 0.1) is 7.59 Å². The molecule has 0 amide bonds. The molecule has 0 spiro atoms. The minimum Gasteiger partial charge on any atom is -0.101 e. The third kappa shape index (κ3) is 2.42. The second-order valence-corrected chi connectivity index (χ2v) is 21.1. The molecule has 0 aliphatic carbocycles. The minimum atomic E-state index is -0.947. The summed E-state index contributed by atoms with van der Waals surface area (Å²) >= 11 is 0. The van der Waals surface area contributed by atoms with Gasteiger partial charge < -0.3 is 0 Å². The molecule has 2 heteroatoms. The van der Waals surface area contributed by atoms with Crippen molar-refractivity contribution in [2.45, 2.75) is 39.7 Å². The summed E-state index contributed by atoms with van der Waals surface area (Å²) in [6.07, 6.45) is 2.23. The smallest absolute Gasteiger partial charge is 0.0640 e. The molecule has 0 N–H and O–H groups in total. The van der Waals surface area contributed by atoms with Gasteiger partial charge >= 0.3 is 0 Å². The molecule has 10 heavy (non-hydrogen) atoms. The first-order chi connectivity index (χ1) is 4.31. The Labute approximate surface area is 67.2 Å². The lowest BCUT2D eigenvalue weighted by Crippen LogP contribution is -2.50. The van der Waals surface area contributed by atoms with Crippen LogP contribution in [0.3, 0.4) is 0 Å². The topological polar surface area (TPSA) is 0 Å². The van der Waals surface area contributed by atoms with E-state index in [1.54, 1.807) is 0 Å². The average Bonchev–Trinajstić information content (AvgIpc) is 1.61. The molecule has 0 saturated heterocycles. The molecule has 60 valence electrons. The second kappa shape index (κ2) is 3.05. The van der Waals surface area contributed by atoms with Crippen molar-refractivity contribution in [1.29, 1.82) is 0 Å². The lowest BCUT2D eigenvalue weighted by molar-refractivity contribution is 1.70. The first kappa shape index (κ1) is 10.2. The van der Waals surface area contributed by atoms with E-state index in [1.165, 1.54) is 0 Å². The van der Waals surface area contributed by atoms with Crippen molar-refractivity contribution in [1.82, 2.24) is 0 Å². The number of rotatable bonds is 2. The van der Waals surface area contributed by atoms with E-state index in [1.807, 2.05) is 0 Å². The summed E-state index contributed by atoms with van der Waals surface area (Å²) in [7, 11) is -1.80. The lowest BCUT2D eigenvalue weighted by atomic mass is 10.8. The van der Waals surface area contributed by atoms with Gasteiger partial charge in [-0.2, -0.15) is 0 Å². The molecule has 0 radical (unpaired) electrons. The molecule has 0 fully saturated rings. The van der Waals surface area contributed by atoms with Gasteiger partial charge in [0.2, 0.25) is 0 Å². The van der Waals surface area contributed by atoms with Gasteiger partial charge in [-0.3, -0.25) is 0 Å². The monoisotopic (exact) mass is 172 g/mol. The second-order valence-electron chi connectivity index (χ2n) is 4.47. The van der Waals surface area contributed by atoms with Gasteiger partial charge in [0.1, 0.15) is 0 Å². The summed E-state index contributed by atoms with van der Waals surface area (Å²) in [6, 6.07) is 0. The average molecular weight is 172 g/mol. The summed E-state index contributed by atoms with van der Waals surface area (Å²) in [5.41, 5.74) is 2.47. The Morgan fingerprint density at radius 3 is 1.40 bits per heavy atom. The van der Waals surface area contributed by atoms with E-state index < -0.39 is 15.2 Å². The van der Waals surface area contributed by atoms with Crippen LogP contribution < -0.4 is 0 Å². The summed E-state index contributed by atoms with van der Waals surface area (Å²) in [5.74, 6) is 0. The molecule has 0 bridgehead atoms. The maximum Gasteiger partial charge on any atom is 0.0640 e. The molecule has 0 aromatic rings. The largest absolute Gasteiger partial charge is 0.101 e. The SMILES string of the molecule is CC=C[Si](C)(C)[Si](C)(C)C. The van der Waals surface area contributed by atoms with Gasteiger partial charge in [0.25, 0.3) is 0 Å². The van der Waals surface area contributed by atoms with E-state index in [2.05, 4.69) is 51.4 Å². The number of hydrogen-bond donors (Lipinski definition) is 0. The van der Waals surface area contributed by atoms with E-state index in [-0.39, 0.29) is 0 Å². The summed E-state index contributed by atoms with van der Waals surface area (Å²) in [4.78, 5) is 0. The highest BCUT2D eigenvalue weighted by molar-refractivity contribution is 7.42. The first-order valence-electron chi connectivity index (χ1n) is 3.95. The first-order valence-corrected chi connectivity index (χ1v) is 11.5. The van der Waals surface area contributed by atoms with Gasteiger partial charge in [-0.05, 0) is 6.92 Å². The summed E-state index contributed by atoms with van der Waals surface area (Å²) in [6.45, 7) is 14.5. The van der Waals surface area contributed by atoms with Crippen molar-refractivity contribution in [3.05, 3.63) is 11.8 Å². The predicted octanol–water partition coefficient (Wildman–Crippen LogP) is 3.23. The van der Waals surface area contributed by atoms with Crippen molar-refractivity contribution in [2.75, 3.05) is 0 Å².